The minimum atomic E-state index is -0.347. The number of nitrogen functional groups attached to an aromatic ring is 1. The van der Waals surface area contributed by atoms with E-state index in [-0.39, 0.29) is 11.6 Å². The summed E-state index contributed by atoms with van der Waals surface area (Å²) in [5, 5.41) is 4.38. The van der Waals surface area contributed by atoms with E-state index in [4.69, 9.17) is 21.9 Å². The van der Waals surface area contributed by atoms with E-state index in [1.165, 1.54) is 12.1 Å². The van der Waals surface area contributed by atoms with Crippen LogP contribution in [0.2, 0.25) is 5.02 Å². The van der Waals surface area contributed by atoms with Gasteiger partial charge in [0.2, 0.25) is 0 Å². The molecule has 0 amide bonds. The molecule has 21 heavy (non-hydrogen) atoms. The van der Waals surface area contributed by atoms with Crippen molar-refractivity contribution in [2.45, 2.75) is 0 Å². The molecule has 3 aromatic rings. The van der Waals surface area contributed by atoms with Gasteiger partial charge in [0.25, 0.3) is 0 Å². The van der Waals surface area contributed by atoms with Crippen LogP contribution in [-0.4, -0.2) is 5.16 Å². The number of anilines is 1. The van der Waals surface area contributed by atoms with Gasteiger partial charge in [0.1, 0.15) is 5.82 Å². The van der Waals surface area contributed by atoms with Crippen molar-refractivity contribution in [2.75, 3.05) is 5.73 Å². The molecule has 106 valence electrons. The molecule has 6 heteroatoms. The monoisotopic (exact) mass is 414 g/mol. The minimum absolute atomic E-state index is 0.214. The molecule has 1 heterocycles. The average Bonchev–Trinajstić information content (AvgIpc) is 2.83. The lowest BCUT2D eigenvalue weighted by molar-refractivity contribution is 0.436. The fraction of sp³-hybridized carbons (Fsp3) is 0. The van der Waals surface area contributed by atoms with Crippen molar-refractivity contribution in [3.63, 3.8) is 0 Å². The van der Waals surface area contributed by atoms with Gasteiger partial charge in [0.05, 0.1) is 5.56 Å². The van der Waals surface area contributed by atoms with Crippen LogP contribution >= 0.6 is 34.2 Å². The highest BCUT2D eigenvalue weighted by Gasteiger charge is 2.20. The van der Waals surface area contributed by atoms with Crippen molar-refractivity contribution >= 4 is 40.0 Å². The second kappa shape index (κ2) is 5.65. The maximum atomic E-state index is 13.5. The van der Waals surface area contributed by atoms with E-state index in [0.29, 0.717) is 21.9 Å². The Morgan fingerprint density at radius 3 is 2.76 bits per heavy atom. The Balaban J connectivity index is 2.24. The molecule has 0 aliphatic carbocycles. The summed E-state index contributed by atoms with van der Waals surface area (Å²) in [6.45, 7) is 0. The van der Waals surface area contributed by atoms with Gasteiger partial charge in [-0.3, -0.25) is 0 Å². The second-order valence-electron chi connectivity index (χ2n) is 4.41. The maximum Gasteiger partial charge on any atom is 0.178 e. The van der Waals surface area contributed by atoms with E-state index in [1.54, 1.807) is 24.3 Å². The van der Waals surface area contributed by atoms with Crippen molar-refractivity contribution < 1.29 is 8.91 Å². The first kappa shape index (κ1) is 14.3. The Labute approximate surface area is 139 Å². The molecule has 1 aromatic heterocycles. The van der Waals surface area contributed by atoms with Crippen LogP contribution in [-0.2, 0) is 0 Å². The van der Waals surface area contributed by atoms with Gasteiger partial charge in [0, 0.05) is 14.2 Å². The van der Waals surface area contributed by atoms with Crippen LogP contribution in [0, 0.1) is 9.39 Å². The van der Waals surface area contributed by atoms with Crippen LogP contribution < -0.4 is 5.73 Å². The highest BCUT2D eigenvalue weighted by Crippen LogP contribution is 2.39. The lowest BCUT2D eigenvalue weighted by Gasteiger charge is -2.05. The van der Waals surface area contributed by atoms with Crippen LogP contribution in [0.25, 0.3) is 22.5 Å². The molecule has 0 unspecified atom stereocenters. The third kappa shape index (κ3) is 2.75. The fourth-order valence-electron chi connectivity index (χ4n) is 2.08. The first-order chi connectivity index (χ1) is 10.1. The van der Waals surface area contributed by atoms with Gasteiger partial charge >= 0.3 is 0 Å². The number of nitrogens with two attached hydrogens (primary N) is 1. The van der Waals surface area contributed by atoms with Crippen LogP contribution in [0.5, 0.6) is 0 Å². The standard InChI is InChI=1S/C15H9ClFIN2O/c16-9-4-5-12(18)11(7-9)14-13(15(19)20-21-14)8-2-1-3-10(17)6-8/h1-7H,(H2,19,20). The van der Waals surface area contributed by atoms with Crippen LogP contribution in [0.1, 0.15) is 0 Å². The van der Waals surface area contributed by atoms with Gasteiger partial charge in [-0.2, -0.15) is 0 Å². The summed E-state index contributed by atoms with van der Waals surface area (Å²) in [7, 11) is 0. The third-order valence-electron chi connectivity index (χ3n) is 3.00. The zero-order chi connectivity index (χ0) is 15.0. The number of aromatic nitrogens is 1. The van der Waals surface area contributed by atoms with Gasteiger partial charge in [-0.05, 0) is 58.5 Å². The first-order valence-corrected chi connectivity index (χ1v) is 7.48. The molecule has 0 fully saturated rings. The second-order valence-corrected chi connectivity index (χ2v) is 6.01. The number of hydrogen-bond acceptors (Lipinski definition) is 3. The van der Waals surface area contributed by atoms with Crippen LogP contribution in [0.15, 0.2) is 47.0 Å². The zero-order valence-corrected chi connectivity index (χ0v) is 13.5. The van der Waals surface area contributed by atoms with Crippen LogP contribution in [0.4, 0.5) is 10.2 Å². The molecule has 0 aliphatic heterocycles. The molecule has 0 spiro atoms. The molecular weight excluding hydrogens is 406 g/mol. The van der Waals surface area contributed by atoms with E-state index >= 15 is 0 Å². The Morgan fingerprint density at radius 2 is 2.00 bits per heavy atom. The number of rotatable bonds is 2. The first-order valence-electron chi connectivity index (χ1n) is 6.03. The normalized spacial score (nSPS) is 10.8. The summed E-state index contributed by atoms with van der Waals surface area (Å²) >= 11 is 8.21. The third-order valence-corrected chi connectivity index (χ3v) is 4.18. The average molecular weight is 415 g/mol. The van der Waals surface area contributed by atoms with Crippen molar-refractivity contribution in [1.82, 2.24) is 5.16 Å². The number of hydrogen-bond donors (Lipinski definition) is 1. The Hall–Kier alpha value is -1.60. The predicted octanol–water partition coefficient (Wildman–Crippen LogP) is 4.99. The highest BCUT2D eigenvalue weighted by atomic mass is 127. The molecule has 2 N–H and O–H groups in total. The smallest absolute Gasteiger partial charge is 0.178 e. The molecule has 0 saturated heterocycles. The summed E-state index contributed by atoms with van der Waals surface area (Å²) in [5.74, 6) is 0.344. The van der Waals surface area contributed by atoms with Crippen molar-refractivity contribution in [3.05, 3.63) is 56.9 Å². The molecule has 0 saturated carbocycles. The summed E-state index contributed by atoms with van der Waals surface area (Å²) in [4.78, 5) is 0. The van der Waals surface area contributed by atoms with E-state index in [9.17, 15) is 4.39 Å². The Bertz CT molecular complexity index is 819. The molecule has 2 aromatic carbocycles. The minimum Gasteiger partial charge on any atom is -0.380 e. The Morgan fingerprint density at radius 1 is 1.19 bits per heavy atom. The van der Waals surface area contributed by atoms with Crippen molar-refractivity contribution in [1.29, 1.82) is 0 Å². The molecule has 0 atom stereocenters. The van der Waals surface area contributed by atoms with Gasteiger partial charge in [-0.1, -0.05) is 28.9 Å². The Kier molecular flexibility index (Phi) is 3.86. The molecule has 3 rings (SSSR count). The van der Waals surface area contributed by atoms with Crippen LogP contribution in [0.3, 0.4) is 0 Å². The number of benzene rings is 2. The molecule has 0 radical (unpaired) electrons. The fourth-order valence-corrected chi connectivity index (χ4v) is 2.83. The molecule has 3 nitrogen and oxygen atoms in total. The summed E-state index contributed by atoms with van der Waals surface area (Å²) in [6, 6.07) is 11.6. The van der Waals surface area contributed by atoms with E-state index < -0.39 is 0 Å². The van der Waals surface area contributed by atoms with Gasteiger partial charge in [0.15, 0.2) is 11.6 Å². The molecule has 0 bridgehead atoms. The molecule has 0 aliphatic rings. The lowest BCUT2D eigenvalue weighted by Crippen LogP contribution is -1.90. The SMILES string of the molecule is Nc1noc(-c2cc(Cl)ccc2I)c1-c1cccc(F)c1. The number of halogens is 3. The van der Waals surface area contributed by atoms with E-state index in [2.05, 4.69) is 27.7 Å². The predicted molar refractivity (Wildman–Crippen MR) is 89.5 cm³/mol. The van der Waals surface area contributed by atoms with Gasteiger partial charge in [-0.15, -0.1) is 0 Å². The summed E-state index contributed by atoms with van der Waals surface area (Å²) in [6.07, 6.45) is 0. The summed E-state index contributed by atoms with van der Waals surface area (Å²) < 4.78 is 19.7. The maximum absolute atomic E-state index is 13.5. The number of nitrogens with zero attached hydrogens (tertiary/aromatic N) is 1. The molecular formula is C15H9ClFIN2O. The van der Waals surface area contributed by atoms with Crippen molar-refractivity contribution in [3.8, 4) is 22.5 Å². The quantitative estimate of drug-likeness (QED) is 0.601. The largest absolute Gasteiger partial charge is 0.380 e. The van der Waals surface area contributed by atoms with Crippen molar-refractivity contribution in [2.24, 2.45) is 0 Å². The highest BCUT2D eigenvalue weighted by molar-refractivity contribution is 14.1. The van der Waals surface area contributed by atoms with E-state index in [0.717, 1.165) is 9.13 Å². The van der Waals surface area contributed by atoms with E-state index in [1.807, 2.05) is 6.07 Å². The zero-order valence-electron chi connectivity index (χ0n) is 10.6. The van der Waals surface area contributed by atoms with Gasteiger partial charge < -0.3 is 10.3 Å². The van der Waals surface area contributed by atoms with Gasteiger partial charge in [-0.25, -0.2) is 4.39 Å². The summed E-state index contributed by atoms with van der Waals surface area (Å²) in [5.41, 5.74) is 7.83. The topological polar surface area (TPSA) is 52.0 Å². The lowest BCUT2D eigenvalue weighted by atomic mass is 10.0.